The van der Waals surface area contributed by atoms with Crippen LogP contribution >= 0.6 is 11.8 Å². The molecule has 1 aromatic heterocycles. The Morgan fingerprint density at radius 2 is 1.97 bits per heavy atom. The van der Waals surface area contributed by atoms with E-state index in [1.165, 1.54) is 11.8 Å². The Hall–Kier alpha value is -2.03. The summed E-state index contributed by atoms with van der Waals surface area (Å²) in [5, 5.41) is 3.67. The summed E-state index contributed by atoms with van der Waals surface area (Å²) >= 11 is 1.50. The Morgan fingerprint density at radius 3 is 2.65 bits per heavy atom. The molecule has 2 fully saturated rings. The monoisotopic (exact) mass is 444 g/mol. The fraction of sp³-hybridized carbons (Fsp3) is 0.565. The van der Waals surface area contributed by atoms with Gasteiger partial charge in [0.05, 0.1) is 36.8 Å². The number of nitrogens with one attached hydrogen (secondary N) is 1. The van der Waals surface area contributed by atoms with Crippen molar-refractivity contribution < 1.29 is 14.3 Å². The van der Waals surface area contributed by atoms with Crippen LogP contribution in [0.3, 0.4) is 0 Å². The number of hydrogen-bond donors (Lipinski definition) is 1. The van der Waals surface area contributed by atoms with E-state index in [1.807, 2.05) is 26.0 Å². The van der Waals surface area contributed by atoms with Crippen LogP contribution < -0.4 is 10.2 Å². The van der Waals surface area contributed by atoms with Gasteiger partial charge in [-0.15, -0.1) is 0 Å². The molecule has 0 saturated carbocycles. The van der Waals surface area contributed by atoms with E-state index in [0.717, 1.165) is 80.2 Å². The summed E-state index contributed by atoms with van der Waals surface area (Å²) < 4.78 is 13.4. The summed E-state index contributed by atoms with van der Waals surface area (Å²) in [6.45, 7) is 11.0. The highest BCUT2D eigenvalue weighted by Gasteiger charge is 2.23. The van der Waals surface area contributed by atoms with Crippen LogP contribution in [0.4, 0.5) is 11.4 Å². The number of thioether (sulfide) groups is 1. The number of hydrogen-bond acceptors (Lipinski definition) is 6. The van der Waals surface area contributed by atoms with E-state index in [1.54, 1.807) is 0 Å². The maximum Gasteiger partial charge on any atom is 0.237 e. The predicted molar refractivity (Wildman–Crippen MR) is 124 cm³/mol. The van der Waals surface area contributed by atoms with Gasteiger partial charge in [0.2, 0.25) is 5.91 Å². The molecule has 1 amide bonds. The van der Waals surface area contributed by atoms with Crippen molar-refractivity contribution in [2.24, 2.45) is 0 Å². The second-order valence-electron chi connectivity index (χ2n) is 8.21. The third-order valence-corrected chi connectivity index (χ3v) is 7.09. The smallest absolute Gasteiger partial charge is 0.237 e. The van der Waals surface area contributed by atoms with Crippen LogP contribution in [0.1, 0.15) is 31.2 Å². The van der Waals surface area contributed by atoms with Crippen molar-refractivity contribution in [3.63, 3.8) is 0 Å². The van der Waals surface area contributed by atoms with Crippen molar-refractivity contribution in [2.75, 3.05) is 43.1 Å². The van der Waals surface area contributed by atoms with Crippen molar-refractivity contribution >= 4 is 29.0 Å². The van der Waals surface area contributed by atoms with Crippen molar-refractivity contribution in [1.82, 2.24) is 9.55 Å². The normalized spacial score (nSPS) is 20.1. The van der Waals surface area contributed by atoms with Crippen molar-refractivity contribution in [3.8, 4) is 0 Å². The molecule has 1 aromatic carbocycles. The molecule has 0 spiro atoms. The fourth-order valence-corrected chi connectivity index (χ4v) is 4.96. The van der Waals surface area contributed by atoms with E-state index in [-0.39, 0.29) is 17.3 Å². The number of ether oxygens (including phenoxy) is 2. The van der Waals surface area contributed by atoms with Crippen molar-refractivity contribution in [1.29, 1.82) is 0 Å². The summed E-state index contributed by atoms with van der Waals surface area (Å²) in [5.41, 5.74) is 4.12. The SMILES string of the molecule is Cc1nc(S[C@H](C)C(=O)Nc2ccc(N3CCOCC3)cc2)n(C[C@@H]2CCCO2)c1C. The quantitative estimate of drug-likeness (QED) is 0.658. The Labute approximate surface area is 188 Å². The minimum Gasteiger partial charge on any atom is -0.378 e. The zero-order chi connectivity index (χ0) is 21.8. The lowest BCUT2D eigenvalue weighted by Crippen LogP contribution is -2.36. The maximum atomic E-state index is 12.8. The summed E-state index contributed by atoms with van der Waals surface area (Å²) in [6, 6.07) is 8.04. The van der Waals surface area contributed by atoms with Crippen LogP contribution in [-0.2, 0) is 20.8 Å². The first-order chi connectivity index (χ1) is 15.0. The minimum absolute atomic E-state index is 0.0221. The number of aromatic nitrogens is 2. The van der Waals surface area contributed by atoms with Crippen molar-refractivity contribution in [2.45, 2.75) is 56.7 Å². The van der Waals surface area contributed by atoms with Gasteiger partial charge in [0, 0.05) is 36.8 Å². The van der Waals surface area contributed by atoms with E-state index in [0.29, 0.717) is 0 Å². The van der Waals surface area contributed by atoms with Crippen LogP contribution in [0.5, 0.6) is 0 Å². The lowest BCUT2D eigenvalue weighted by atomic mass is 10.2. The lowest BCUT2D eigenvalue weighted by molar-refractivity contribution is -0.115. The van der Waals surface area contributed by atoms with Gasteiger partial charge in [-0.2, -0.15) is 0 Å². The Kier molecular flexibility index (Phi) is 7.20. The van der Waals surface area contributed by atoms with E-state index >= 15 is 0 Å². The van der Waals surface area contributed by atoms with Crippen LogP contribution in [0.15, 0.2) is 29.4 Å². The number of morpholine rings is 1. The van der Waals surface area contributed by atoms with Gasteiger partial charge in [0.1, 0.15) is 0 Å². The number of aryl methyl sites for hydroxylation is 1. The Bertz CT molecular complexity index is 887. The second-order valence-corrected chi connectivity index (χ2v) is 9.51. The summed E-state index contributed by atoms with van der Waals surface area (Å²) in [7, 11) is 0. The predicted octanol–water partition coefficient (Wildman–Crippen LogP) is 3.63. The van der Waals surface area contributed by atoms with Crippen LogP contribution in [0, 0.1) is 13.8 Å². The topological polar surface area (TPSA) is 68.6 Å². The molecule has 8 heteroatoms. The molecule has 4 rings (SSSR count). The summed E-state index contributed by atoms with van der Waals surface area (Å²) in [6.07, 6.45) is 2.43. The standard InChI is InChI=1S/C23H32N4O3S/c1-16-17(2)27(15-21-5-4-12-30-21)23(24-16)31-18(3)22(28)25-19-6-8-20(9-7-19)26-10-13-29-14-11-26/h6-9,18,21H,4-5,10-15H2,1-3H3,(H,25,28)/t18-,21+/m1/s1. The number of amides is 1. The molecule has 0 aliphatic carbocycles. The molecule has 2 aliphatic heterocycles. The average Bonchev–Trinajstić information content (AvgIpc) is 3.39. The molecule has 2 saturated heterocycles. The van der Waals surface area contributed by atoms with E-state index in [9.17, 15) is 4.79 Å². The maximum absolute atomic E-state index is 12.8. The van der Waals surface area contributed by atoms with Gasteiger partial charge >= 0.3 is 0 Å². The van der Waals surface area contributed by atoms with Crippen LogP contribution in [0.25, 0.3) is 0 Å². The molecule has 2 aromatic rings. The van der Waals surface area contributed by atoms with E-state index < -0.39 is 0 Å². The number of carbonyl (C=O) groups is 1. The van der Waals surface area contributed by atoms with Gasteiger partial charge in [0.25, 0.3) is 0 Å². The first-order valence-electron chi connectivity index (χ1n) is 11.1. The third kappa shape index (κ3) is 5.42. The molecule has 31 heavy (non-hydrogen) atoms. The van der Waals surface area contributed by atoms with E-state index in [4.69, 9.17) is 14.5 Å². The molecule has 1 N–H and O–H groups in total. The third-order valence-electron chi connectivity index (χ3n) is 6.00. The van der Waals surface area contributed by atoms with Gasteiger partial charge in [-0.05, 0) is 57.9 Å². The number of nitrogens with zero attached hydrogens (tertiary/aromatic N) is 3. The molecule has 0 radical (unpaired) electrons. The highest BCUT2D eigenvalue weighted by atomic mass is 32.2. The molecular formula is C23H32N4O3S. The van der Waals surface area contributed by atoms with Gasteiger partial charge < -0.3 is 24.3 Å². The van der Waals surface area contributed by atoms with Crippen LogP contribution in [0.2, 0.25) is 0 Å². The van der Waals surface area contributed by atoms with Crippen LogP contribution in [-0.4, -0.2) is 59.7 Å². The minimum atomic E-state index is -0.261. The van der Waals surface area contributed by atoms with Gasteiger partial charge in [0.15, 0.2) is 5.16 Å². The number of imidazole rings is 1. The van der Waals surface area contributed by atoms with E-state index in [2.05, 4.69) is 33.8 Å². The molecule has 3 heterocycles. The second kappa shape index (κ2) is 10.1. The molecule has 7 nitrogen and oxygen atoms in total. The molecular weight excluding hydrogens is 412 g/mol. The van der Waals surface area contributed by atoms with Gasteiger partial charge in [-0.1, -0.05) is 11.8 Å². The Morgan fingerprint density at radius 1 is 1.23 bits per heavy atom. The molecule has 0 unspecified atom stereocenters. The van der Waals surface area contributed by atoms with Gasteiger partial charge in [-0.25, -0.2) is 4.98 Å². The number of benzene rings is 1. The van der Waals surface area contributed by atoms with Crippen molar-refractivity contribution in [3.05, 3.63) is 35.7 Å². The number of rotatable bonds is 7. The highest BCUT2D eigenvalue weighted by molar-refractivity contribution is 8.00. The number of carbonyl (C=O) groups excluding carboxylic acids is 1. The molecule has 168 valence electrons. The molecule has 0 bridgehead atoms. The highest BCUT2D eigenvalue weighted by Crippen LogP contribution is 2.28. The van der Waals surface area contributed by atoms with Gasteiger partial charge in [-0.3, -0.25) is 4.79 Å². The molecule has 2 aliphatic rings. The average molecular weight is 445 g/mol. The lowest BCUT2D eigenvalue weighted by Gasteiger charge is -2.28. The zero-order valence-corrected chi connectivity index (χ0v) is 19.4. The Balaban J connectivity index is 1.37. The first-order valence-corrected chi connectivity index (χ1v) is 11.9. The first kappa shape index (κ1) is 22.2. The summed E-state index contributed by atoms with van der Waals surface area (Å²) in [5.74, 6) is -0.0221. The fourth-order valence-electron chi connectivity index (χ4n) is 3.95. The summed E-state index contributed by atoms with van der Waals surface area (Å²) in [4.78, 5) is 19.8. The zero-order valence-electron chi connectivity index (χ0n) is 18.6. The molecule has 2 atom stereocenters. The largest absolute Gasteiger partial charge is 0.378 e. The number of anilines is 2.